The van der Waals surface area contributed by atoms with E-state index < -0.39 is 5.97 Å². The topological polar surface area (TPSA) is 40.5 Å². The zero-order valence-corrected chi connectivity index (χ0v) is 12.8. The Morgan fingerprint density at radius 2 is 1.70 bits per heavy atom. The Bertz CT molecular complexity index is 467. The number of carbonyl (C=O) groups is 1. The quantitative estimate of drug-likeness (QED) is 0.918. The predicted molar refractivity (Wildman–Crippen MR) is 81.2 cm³/mol. The molecule has 2 rings (SSSR count). The van der Waals surface area contributed by atoms with Crippen LogP contribution >= 0.6 is 0 Å². The predicted octanol–water partition coefficient (Wildman–Crippen LogP) is 3.09. The van der Waals surface area contributed by atoms with Crippen LogP contribution in [-0.2, 0) is 11.2 Å². The molecule has 3 nitrogen and oxygen atoms in total. The minimum absolute atomic E-state index is 0.379. The van der Waals surface area contributed by atoms with Gasteiger partial charge in [0.1, 0.15) is 6.04 Å². The van der Waals surface area contributed by atoms with Crippen LogP contribution in [0.3, 0.4) is 0 Å². The van der Waals surface area contributed by atoms with Gasteiger partial charge in [-0.2, -0.15) is 0 Å². The van der Waals surface area contributed by atoms with Gasteiger partial charge < -0.3 is 5.11 Å². The fourth-order valence-electron chi connectivity index (χ4n) is 3.33. The minimum atomic E-state index is -0.689. The van der Waals surface area contributed by atoms with Crippen LogP contribution in [0.4, 0.5) is 0 Å². The summed E-state index contributed by atoms with van der Waals surface area (Å²) in [5.74, 6) is -0.689. The lowest BCUT2D eigenvalue weighted by Crippen LogP contribution is -2.45. The van der Waals surface area contributed by atoms with E-state index >= 15 is 0 Å². The average Bonchev–Trinajstić information content (AvgIpc) is 2.38. The summed E-state index contributed by atoms with van der Waals surface area (Å²) in [5.41, 5.74) is 4.87. The molecule has 1 fully saturated rings. The third-order valence-corrected chi connectivity index (χ3v) is 4.35. The second-order valence-electron chi connectivity index (χ2n) is 6.03. The molecule has 1 aliphatic rings. The van der Waals surface area contributed by atoms with Gasteiger partial charge in [-0.3, -0.25) is 9.69 Å². The van der Waals surface area contributed by atoms with Crippen LogP contribution in [0.5, 0.6) is 0 Å². The lowest BCUT2D eigenvalue weighted by molar-refractivity contribution is -0.143. The van der Waals surface area contributed by atoms with Gasteiger partial charge in [0.15, 0.2) is 0 Å². The Morgan fingerprint density at radius 3 is 2.20 bits per heavy atom. The molecule has 0 radical (unpaired) electrons. The van der Waals surface area contributed by atoms with Gasteiger partial charge in [0.05, 0.1) is 0 Å². The molecule has 0 saturated carbocycles. The van der Waals surface area contributed by atoms with Crippen LogP contribution in [0.2, 0.25) is 0 Å². The van der Waals surface area contributed by atoms with Gasteiger partial charge >= 0.3 is 5.97 Å². The maximum Gasteiger partial charge on any atom is 0.321 e. The summed E-state index contributed by atoms with van der Waals surface area (Å²) >= 11 is 0. The normalized spacial score (nSPS) is 17.9. The van der Waals surface area contributed by atoms with Crippen molar-refractivity contribution < 1.29 is 9.90 Å². The molecule has 1 heterocycles. The summed E-state index contributed by atoms with van der Waals surface area (Å²) in [7, 11) is 0. The fourth-order valence-corrected chi connectivity index (χ4v) is 3.33. The van der Waals surface area contributed by atoms with E-state index in [-0.39, 0.29) is 6.04 Å². The Morgan fingerprint density at radius 1 is 1.15 bits per heavy atom. The number of hydrogen-bond acceptors (Lipinski definition) is 2. The number of nitrogens with zero attached hydrogens (tertiary/aromatic N) is 1. The summed E-state index contributed by atoms with van der Waals surface area (Å²) in [5, 5.41) is 9.58. The highest BCUT2D eigenvalue weighted by atomic mass is 16.4. The van der Waals surface area contributed by atoms with Crippen molar-refractivity contribution in [2.75, 3.05) is 13.1 Å². The Hall–Kier alpha value is -1.35. The second kappa shape index (κ2) is 6.40. The fraction of sp³-hybridized carbons (Fsp3) is 0.588. The van der Waals surface area contributed by atoms with Gasteiger partial charge in [0.2, 0.25) is 0 Å². The van der Waals surface area contributed by atoms with Gasteiger partial charge in [0.25, 0.3) is 0 Å². The van der Waals surface area contributed by atoms with E-state index in [2.05, 4.69) is 37.8 Å². The van der Waals surface area contributed by atoms with E-state index in [1.807, 2.05) is 0 Å². The van der Waals surface area contributed by atoms with Crippen LogP contribution in [0.1, 0.15) is 41.5 Å². The van der Waals surface area contributed by atoms with Crippen LogP contribution in [0, 0.1) is 20.8 Å². The zero-order valence-electron chi connectivity index (χ0n) is 12.8. The molecule has 20 heavy (non-hydrogen) atoms. The van der Waals surface area contributed by atoms with Crippen molar-refractivity contribution in [3.05, 3.63) is 34.4 Å². The van der Waals surface area contributed by atoms with E-state index in [0.717, 1.165) is 25.9 Å². The van der Waals surface area contributed by atoms with Gasteiger partial charge in [0, 0.05) is 0 Å². The molecule has 3 heteroatoms. The highest BCUT2D eigenvalue weighted by molar-refractivity contribution is 5.74. The zero-order chi connectivity index (χ0) is 14.7. The van der Waals surface area contributed by atoms with Crippen molar-refractivity contribution in [1.82, 2.24) is 4.90 Å². The number of rotatable bonds is 4. The molecular weight excluding hydrogens is 250 g/mol. The molecular formula is C17H25NO2. The van der Waals surface area contributed by atoms with E-state index in [0.29, 0.717) is 6.42 Å². The first-order valence-electron chi connectivity index (χ1n) is 7.52. The maximum atomic E-state index is 11.7. The first-order valence-corrected chi connectivity index (χ1v) is 7.52. The van der Waals surface area contributed by atoms with Crippen LogP contribution in [-0.4, -0.2) is 35.1 Å². The SMILES string of the molecule is Cc1cc(C)c(C[C@H](C(=O)O)N2CCCCC2)c(C)c1. The second-order valence-corrected chi connectivity index (χ2v) is 6.03. The van der Waals surface area contributed by atoms with Crippen molar-refractivity contribution >= 4 is 5.97 Å². The number of aliphatic carboxylic acids is 1. The lowest BCUT2D eigenvalue weighted by Gasteiger charge is -2.32. The van der Waals surface area contributed by atoms with Crippen molar-refractivity contribution in [2.45, 2.75) is 52.5 Å². The molecule has 0 aliphatic carbocycles. The lowest BCUT2D eigenvalue weighted by atomic mass is 9.93. The molecule has 1 N–H and O–H groups in total. The molecule has 1 aliphatic heterocycles. The summed E-state index contributed by atoms with van der Waals surface area (Å²) in [6.45, 7) is 8.10. The van der Waals surface area contributed by atoms with Crippen molar-refractivity contribution in [2.24, 2.45) is 0 Å². The molecule has 0 bridgehead atoms. The Balaban J connectivity index is 2.22. The van der Waals surface area contributed by atoms with Gasteiger partial charge in [-0.15, -0.1) is 0 Å². The van der Waals surface area contributed by atoms with Crippen LogP contribution in [0.25, 0.3) is 0 Å². The van der Waals surface area contributed by atoms with Gasteiger partial charge in [-0.05, 0) is 69.8 Å². The minimum Gasteiger partial charge on any atom is -0.480 e. The van der Waals surface area contributed by atoms with Gasteiger partial charge in [-0.25, -0.2) is 0 Å². The Labute approximate surface area is 121 Å². The Kier molecular flexibility index (Phi) is 4.81. The molecule has 0 amide bonds. The molecule has 0 spiro atoms. The number of aryl methyl sites for hydroxylation is 3. The number of piperidine rings is 1. The van der Waals surface area contributed by atoms with Crippen molar-refractivity contribution in [3.63, 3.8) is 0 Å². The largest absolute Gasteiger partial charge is 0.480 e. The summed E-state index contributed by atoms with van der Waals surface area (Å²) in [6, 6.07) is 3.92. The summed E-state index contributed by atoms with van der Waals surface area (Å²) < 4.78 is 0. The number of benzene rings is 1. The smallest absolute Gasteiger partial charge is 0.321 e. The molecule has 1 aromatic carbocycles. The van der Waals surface area contributed by atoms with E-state index in [9.17, 15) is 9.90 Å². The average molecular weight is 275 g/mol. The van der Waals surface area contributed by atoms with Crippen molar-refractivity contribution in [3.8, 4) is 0 Å². The van der Waals surface area contributed by atoms with Crippen molar-refractivity contribution in [1.29, 1.82) is 0 Å². The maximum absolute atomic E-state index is 11.7. The third-order valence-electron chi connectivity index (χ3n) is 4.35. The van der Waals surface area contributed by atoms with Crippen LogP contribution in [0.15, 0.2) is 12.1 Å². The third kappa shape index (κ3) is 3.40. The van der Waals surface area contributed by atoms with E-state index in [1.165, 1.54) is 28.7 Å². The number of likely N-dealkylation sites (tertiary alicyclic amines) is 1. The van der Waals surface area contributed by atoms with E-state index in [1.54, 1.807) is 0 Å². The van der Waals surface area contributed by atoms with Crippen LogP contribution < -0.4 is 0 Å². The summed E-state index contributed by atoms with van der Waals surface area (Å²) in [4.78, 5) is 13.8. The number of carboxylic acids is 1. The molecule has 1 saturated heterocycles. The molecule has 0 unspecified atom stereocenters. The molecule has 1 atom stereocenters. The van der Waals surface area contributed by atoms with Gasteiger partial charge in [-0.1, -0.05) is 24.1 Å². The van der Waals surface area contributed by atoms with E-state index in [4.69, 9.17) is 0 Å². The number of hydrogen-bond donors (Lipinski definition) is 1. The first kappa shape index (κ1) is 15.0. The monoisotopic (exact) mass is 275 g/mol. The standard InChI is InChI=1S/C17H25NO2/c1-12-9-13(2)15(14(3)10-12)11-16(17(19)20)18-7-5-4-6-8-18/h9-10,16H,4-8,11H2,1-3H3,(H,19,20)/t16-/m1/s1. The highest BCUT2D eigenvalue weighted by Gasteiger charge is 2.27. The first-order chi connectivity index (χ1) is 9.49. The highest BCUT2D eigenvalue weighted by Crippen LogP contribution is 2.22. The molecule has 110 valence electrons. The number of carboxylic acid groups (broad SMARTS) is 1. The summed E-state index contributed by atoms with van der Waals surface area (Å²) in [6.07, 6.45) is 4.09. The molecule has 1 aromatic rings. The molecule has 0 aromatic heterocycles.